The highest BCUT2D eigenvalue weighted by Crippen LogP contribution is 2.16. The molecule has 0 aliphatic heterocycles. The molecular weight excluding hydrogens is 138 g/mol. The van der Waals surface area contributed by atoms with Gasteiger partial charge < -0.3 is 10.4 Å². The summed E-state index contributed by atoms with van der Waals surface area (Å²) in [6, 6.07) is 7.56. The summed E-state index contributed by atoms with van der Waals surface area (Å²) in [6.45, 7) is 2.05. The maximum atomic E-state index is 9.13. The Labute approximate surface area is 66.9 Å². The molecule has 0 aliphatic rings. The molecule has 2 N–H and O–H groups in total. The Hall–Kier alpha value is -1.02. The summed E-state index contributed by atoms with van der Waals surface area (Å²) in [4.78, 5) is 0. The molecule has 2 heteroatoms. The molecule has 1 atom stereocenters. The Bertz CT molecular complexity index is 235. The number of phenols is 1. The van der Waals surface area contributed by atoms with E-state index < -0.39 is 0 Å². The lowest BCUT2D eigenvalue weighted by molar-refractivity contribution is 0.473. The van der Waals surface area contributed by atoms with Gasteiger partial charge in [0.15, 0.2) is 0 Å². The number of hydrogen-bond acceptors (Lipinski definition) is 2. The smallest absolute Gasteiger partial charge is 0.115 e. The van der Waals surface area contributed by atoms with Crippen LogP contribution in [0.2, 0.25) is 0 Å². The second-order valence-corrected chi connectivity index (χ2v) is 2.61. The van der Waals surface area contributed by atoms with Crippen LogP contribution in [0.4, 0.5) is 0 Å². The highest BCUT2D eigenvalue weighted by molar-refractivity contribution is 5.28. The molecule has 0 saturated carbocycles. The van der Waals surface area contributed by atoms with Crippen LogP contribution in [0.5, 0.6) is 5.75 Å². The largest absolute Gasteiger partial charge is 0.508 e. The van der Waals surface area contributed by atoms with E-state index in [1.165, 1.54) is 0 Å². The number of benzene rings is 1. The maximum Gasteiger partial charge on any atom is 0.115 e. The molecule has 0 fully saturated rings. The van der Waals surface area contributed by atoms with Gasteiger partial charge in [-0.25, -0.2) is 0 Å². The molecule has 1 rings (SSSR count). The van der Waals surface area contributed by atoms with Crippen molar-refractivity contribution in [2.45, 2.75) is 13.0 Å². The molecule has 1 aromatic rings. The second kappa shape index (κ2) is 3.39. The van der Waals surface area contributed by atoms with Gasteiger partial charge in [0, 0.05) is 6.04 Å². The molecule has 60 valence electrons. The van der Waals surface area contributed by atoms with Crippen LogP contribution in [-0.2, 0) is 0 Å². The van der Waals surface area contributed by atoms with Gasteiger partial charge >= 0.3 is 0 Å². The molecule has 1 aromatic carbocycles. The fraction of sp³-hybridized carbons (Fsp3) is 0.333. The Balaban J connectivity index is 2.86. The number of phenolic OH excluding ortho intramolecular Hbond substituents is 1. The fourth-order valence-electron chi connectivity index (χ4n) is 0.961. The van der Waals surface area contributed by atoms with Crippen molar-refractivity contribution in [3.63, 3.8) is 0 Å². The number of aromatic hydroxyl groups is 1. The van der Waals surface area contributed by atoms with Gasteiger partial charge in [-0.1, -0.05) is 12.1 Å². The highest BCUT2D eigenvalue weighted by Gasteiger charge is 2.01. The first-order valence-corrected chi connectivity index (χ1v) is 3.70. The van der Waals surface area contributed by atoms with E-state index in [4.69, 9.17) is 5.11 Å². The Kier molecular flexibility index (Phi) is 2.49. The summed E-state index contributed by atoms with van der Waals surface area (Å²) in [6.07, 6.45) is 0. The summed E-state index contributed by atoms with van der Waals surface area (Å²) < 4.78 is 0. The average molecular weight is 151 g/mol. The van der Waals surface area contributed by atoms with Crippen molar-refractivity contribution in [1.29, 1.82) is 0 Å². The van der Waals surface area contributed by atoms with Crippen molar-refractivity contribution in [1.82, 2.24) is 5.32 Å². The zero-order valence-corrected chi connectivity index (χ0v) is 6.83. The Morgan fingerprint density at radius 2 is 2.18 bits per heavy atom. The molecule has 0 aliphatic carbocycles. The molecule has 0 amide bonds. The third kappa shape index (κ3) is 1.95. The van der Waals surface area contributed by atoms with E-state index in [2.05, 4.69) is 12.2 Å². The predicted octanol–water partition coefficient (Wildman–Crippen LogP) is 1.67. The molecule has 0 spiro atoms. The third-order valence-electron chi connectivity index (χ3n) is 1.80. The summed E-state index contributed by atoms with van der Waals surface area (Å²) in [5.41, 5.74) is 1.10. The number of nitrogens with one attached hydrogen (secondary N) is 1. The average Bonchev–Trinajstić information content (AvgIpc) is 2.03. The van der Waals surface area contributed by atoms with E-state index in [1.807, 2.05) is 19.2 Å². The monoisotopic (exact) mass is 151 g/mol. The summed E-state index contributed by atoms with van der Waals surface area (Å²) in [7, 11) is 1.90. The van der Waals surface area contributed by atoms with Crippen LogP contribution in [0.25, 0.3) is 0 Å². The van der Waals surface area contributed by atoms with Gasteiger partial charge in [-0.05, 0) is 31.7 Å². The van der Waals surface area contributed by atoms with Crippen molar-refractivity contribution < 1.29 is 5.11 Å². The minimum absolute atomic E-state index is 0.294. The summed E-state index contributed by atoms with van der Waals surface area (Å²) >= 11 is 0. The lowest BCUT2D eigenvalue weighted by Crippen LogP contribution is -2.11. The van der Waals surface area contributed by atoms with E-state index in [1.54, 1.807) is 12.1 Å². The van der Waals surface area contributed by atoms with Crippen molar-refractivity contribution in [3.8, 4) is 5.75 Å². The van der Waals surface area contributed by atoms with Gasteiger partial charge in [0.2, 0.25) is 0 Å². The van der Waals surface area contributed by atoms with Gasteiger partial charge in [-0.15, -0.1) is 0 Å². The van der Waals surface area contributed by atoms with Crippen LogP contribution < -0.4 is 5.32 Å². The second-order valence-electron chi connectivity index (χ2n) is 2.61. The van der Waals surface area contributed by atoms with Crippen LogP contribution in [-0.4, -0.2) is 12.2 Å². The summed E-state index contributed by atoms with van der Waals surface area (Å²) in [5, 5.41) is 12.2. The molecule has 0 bridgehead atoms. The molecule has 0 aromatic heterocycles. The van der Waals surface area contributed by atoms with Crippen molar-refractivity contribution >= 4 is 0 Å². The molecule has 0 saturated heterocycles. The standard InChI is InChI=1S/C9H13NO/c1-7(10-2)8-4-3-5-9(11)6-8/h3-7,10-11H,1-2H3/t7-/m1/s1. The van der Waals surface area contributed by atoms with Crippen molar-refractivity contribution in [3.05, 3.63) is 29.8 Å². The Morgan fingerprint density at radius 3 is 2.73 bits per heavy atom. The number of rotatable bonds is 2. The normalized spacial score (nSPS) is 12.9. The highest BCUT2D eigenvalue weighted by atomic mass is 16.3. The first-order valence-electron chi connectivity index (χ1n) is 3.70. The summed E-state index contributed by atoms with van der Waals surface area (Å²) in [5.74, 6) is 0.324. The van der Waals surface area contributed by atoms with Crippen molar-refractivity contribution in [2.75, 3.05) is 7.05 Å². The third-order valence-corrected chi connectivity index (χ3v) is 1.80. The van der Waals surface area contributed by atoms with Crippen LogP contribution >= 0.6 is 0 Å². The fourth-order valence-corrected chi connectivity index (χ4v) is 0.961. The van der Waals surface area contributed by atoms with E-state index in [0.717, 1.165) is 5.56 Å². The maximum absolute atomic E-state index is 9.13. The molecule has 0 radical (unpaired) electrons. The molecule has 0 heterocycles. The van der Waals surface area contributed by atoms with Crippen LogP contribution in [0, 0.1) is 0 Å². The zero-order valence-electron chi connectivity index (χ0n) is 6.83. The molecular formula is C9H13NO. The van der Waals surface area contributed by atoms with E-state index >= 15 is 0 Å². The zero-order chi connectivity index (χ0) is 8.27. The van der Waals surface area contributed by atoms with Crippen LogP contribution in [0.1, 0.15) is 18.5 Å². The SMILES string of the molecule is CN[C@H](C)c1cccc(O)c1. The van der Waals surface area contributed by atoms with E-state index in [-0.39, 0.29) is 0 Å². The lowest BCUT2D eigenvalue weighted by Gasteiger charge is -2.09. The Morgan fingerprint density at radius 1 is 1.45 bits per heavy atom. The van der Waals surface area contributed by atoms with Gasteiger partial charge in [0.25, 0.3) is 0 Å². The minimum Gasteiger partial charge on any atom is -0.508 e. The van der Waals surface area contributed by atoms with Gasteiger partial charge in [0.05, 0.1) is 0 Å². The number of hydrogen-bond donors (Lipinski definition) is 2. The molecule has 0 unspecified atom stereocenters. The first kappa shape index (κ1) is 8.08. The predicted molar refractivity (Wildman–Crippen MR) is 45.6 cm³/mol. The van der Waals surface area contributed by atoms with Crippen LogP contribution in [0.3, 0.4) is 0 Å². The lowest BCUT2D eigenvalue weighted by atomic mass is 10.1. The topological polar surface area (TPSA) is 32.3 Å². The van der Waals surface area contributed by atoms with Crippen molar-refractivity contribution in [2.24, 2.45) is 0 Å². The minimum atomic E-state index is 0.294. The van der Waals surface area contributed by atoms with E-state index in [9.17, 15) is 0 Å². The first-order chi connectivity index (χ1) is 5.24. The van der Waals surface area contributed by atoms with E-state index in [0.29, 0.717) is 11.8 Å². The van der Waals surface area contributed by atoms with Gasteiger partial charge in [-0.2, -0.15) is 0 Å². The molecule has 2 nitrogen and oxygen atoms in total. The quantitative estimate of drug-likeness (QED) is 0.674. The molecule has 11 heavy (non-hydrogen) atoms. The van der Waals surface area contributed by atoms with Crippen LogP contribution in [0.15, 0.2) is 24.3 Å². The van der Waals surface area contributed by atoms with Gasteiger partial charge in [0.1, 0.15) is 5.75 Å². The van der Waals surface area contributed by atoms with Gasteiger partial charge in [-0.3, -0.25) is 0 Å².